The highest BCUT2D eigenvalue weighted by atomic mass is 19.4. The van der Waals surface area contributed by atoms with Crippen molar-refractivity contribution in [1.29, 1.82) is 0 Å². The molecule has 0 aliphatic heterocycles. The maximum Gasteiger partial charge on any atom is 0.417 e. The zero-order valence-corrected chi connectivity index (χ0v) is 10.5. The molecule has 1 amide bonds. The second-order valence-corrected chi connectivity index (χ2v) is 4.27. The summed E-state index contributed by atoms with van der Waals surface area (Å²) in [6.45, 7) is 1.52. The molecule has 0 heterocycles. The molecule has 0 saturated heterocycles. The zero-order chi connectivity index (χ0) is 15.5. The van der Waals surface area contributed by atoms with Crippen LogP contribution in [0.1, 0.15) is 29.3 Å². The molecule has 1 aromatic carbocycles. The lowest BCUT2D eigenvalue weighted by atomic mass is 10.0. The van der Waals surface area contributed by atoms with Gasteiger partial charge in [-0.1, -0.05) is 0 Å². The van der Waals surface area contributed by atoms with Gasteiger partial charge in [0, 0.05) is 11.7 Å². The van der Waals surface area contributed by atoms with Crippen molar-refractivity contribution in [3.63, 3.8) is 0 Å². The van der Waals surface area contributed by atoms with E-state index >= 15 is 0 Å². The number of aliphatic carboxylic acids is 1. The summed E-state index contributed by atoms with van der Waals surface area (Å²) in [5, 5.41) is 11.2. The van der Waals surface area contributed by atoms with Gasteiger partial charge in [0.15, 0.2) is 0 Å². The minimum Gasteiger partial charge on any atom is -0.481 e. The summed E-state index contributed by atoms with van der Waals surface area (Å²) < 4.78 is 38.4. The third-order valence-corrected chi connectivity index (χ3v) is 2.48. The van der Waals surface area contributed by atoms with Gasteiger partial charge in [-0.25, -0.2) is 0 Å². The fourth-order valence-electron chi connectivity index (χ4n) is 1.68. The lowest BCUT2D eigenvalue weighted by Gasteiger charge is -2.16. The summed E-state index contributed by atoms with van der Waals surface area (Å²) >= 11 is 0. The molecule has 4 N–H and O–H groups in total. The number of halogens is 3. The maximum absolute atomic E-state index is 12.8. The minimum absolute atomic E-state index is 0.0658. The van der Waals surface area contributed by atoms with E-state index in [1.54, 1.807) is 0 Å². The Kier molecular flexibility index (Phi) is 4.59. The van der Waals surface area contributed by atoms with Crippen molar-refractivity contribution in [3.8, 4) is 0 Å². The number of hydrogen-bond donors (Lipinski definition) is 3. The largest absolute Gasteiger partial charge is 0.481 e. The van der Waals surface area contributed by atoms with E-state index in [4.69, 9.17) is 10.8 Å². The number of carbonyl (C=O) groups excluding carboxylic acids is 1. The van der Waals surface area contributed by atoms with E-state index in [9.17, 15) is 22.8 Å². The summed E-state index contributed by atoms with van der Waals surface area (Å²) in [6.07, 6.45) is -4.98. The van der Waals surface area contributed by atoms with E-state index in [-0.39, 0.29) is 12.1 Å². The van der Waals surface area contributed by atoms with Crippen molar-refractivity contribution in [2.45, 2.75) is 25.6 Å². The highest BCUT2D eigenvalue weighted by molar-refractivity contribution is 5.95. The van der Waals surface area contributed by atoms with Crippen molar-refractivity contribution in [1.82, 2.24) is 0 Å². The lowest BCUT2D eigenvalue weighted by molar-refractivity contribution is -0.138. The van der Waals surface area contributed by atoms with Gasteiger partial charge in [-0.2, -0.15) is 13.2 Å². The molecule has 0 fully saturated rings. The van der Waals surface area contributed by atoms with Gasteiger partial charge in [0.25, 0.3) is 0 Å². The number of alkyl halides is 3. The normalized spacial score (nSPS) is 12.8. The van der Waals surface area contributed by atoms with Crippen molar-refractivity contribution < 1.29 is 27.9 Å². The molecule has 0 aliphatic carbocycles. The first kappa shape index (κ1) is 15.8. The number of hydrogen-bond acceptors (Lipinski definition) is 3. The van der Waals surface area contributed by atoms with Gasteiger partial charge < -0.3 is 16.2 Å². The van der Waals surface area contributed by atoms with E-state index in [2.05, 4.69) is 5.32 Å². The minimum atomic E-state index is -4.72. The number of rotatable bonds is 5. The summed E-state index contributed by atoms with van der Waals surface area (Å²) in [7, 11) is 0. The van der Waals surface area contributed by atoms with Gasteiger partial charge in [-0.15, -0.1) is 0 Å². The van der Waals surface area contributed by atoms with Crippen LogP contribution >= 0.6 is 0 Å². The Hall–Kier alpha value is -2.25. The van der Waals surface area contributed by atoms with Crippen LogP contribution in [0.4, 0.5) is 18.9 Å². The predicted molar refractivity (Wildman–Crippen MR) is 65.3 cm³/mol. The molecule has 0 radical (unpaired) electrons. The molecule has 1 atom stereocenters. The van der Waals surface area contributed by atoms with Crippen LogP contribution in [0, 0.1) is 0 Å². The fourth-order valence-corrected chi connectivity index (χ4v) is 1.68. The predicted octanol–water partition coefficient (Wildman–Crippen LogP) is 2.08. The molecule has 0 spiro atoms. The average molecular weight is 290 g/mol. The zero-order valence-electron chi connectivity index (χ0n) is 10.5. The number of benzene rings is 1. The lowest BCUT2D eigenvalue weighted by Crippen LogP contribution is -2.22. The molecule has 0 aliphatic rings. The second kappa shape index (κ2) is 5.81. The van der Waals surface area contributed by atoms with Gasteiger partial charge in [-0.05, 0) is 25.1 Å². The second-order valence-electron chi connectivity index (χ2n) is 4.27. The molecule has 0 bridgehead atoms. The van der Waals surface area contributed by atoms with Crippen LogP contribution in [0.15, 0.2) is 18.2 Å². The Morgan fingerprint density at radius 1 is 1.40 bits per heavy atom. The van der Waals surface area contributed by atoms with Crippen LogP contribution in [0.25, 0.3) is 0 Å². The molecule has 1 rings (SSSR count). The molecule has 5 nitrogen and oxygen atoms in total. The number of carboxylic acid groups (broad SMARTS) is 1. The van der Waals surface area contributed by atoms with Crippen molar-refractivity contribution in [2.75, 3.05) is 5.32 Å². The molecular formula is C12H13F3N2O3. The molecule has 110 valence electrons. The Bertz CT molecular complexity index is 529. The average Bonchev–Trinajstić information content (AvgIpc) is 2.25. The summed E-state index contributed by atoms with van der Waals surface area (Å²) in [5.74, 6) is -2.25. The van der Waals surface area contributed by atoms with Gasteiger partial charge >= 0.3 is 12.1 Å². The molecule has 8 heteroatoms. The smallest absolute Gasteiger partial charge is 0.417 e. The number of carboxylic acids is 1. The van der Waals surface area contributed by atoms with Crippen molar-refractivity contribution >= 4 is 17.6 Å². The van der Waals surface area contributed by atoms with Gasteiger partial charge in [-0.3, -0.25) is 9.59 Å². The van der Waals surface area contributed by atoms with E-state index < -0.39 is 35.2 Å². The summed E-state index contributed by atoms with van der Waals surface area (Å²) in [4.78, 5) is 21.5. The first-order valence-electron chi connectivity index (χ1n) is 5.60. The number of amides is 1. The topological polar surface area (TPSA) is 92.4 Å². The van der Waals surface area contributed by atoms with Crippen LogP contribution in [-0.4, -0.2) is 23.0 Å². The Labute approximate surface area is 112 Å². The Morgan fingerprint density at radius 3 is 2.45 bits per heavy atom. The van der Waals surface area contributed by atoms with Crippen LogP contribution in [0.5, 0.6) is 0 Å². The van der Waals surface area contributed by atoms with Crippen LogP contribution in [0.2, 0.25) is 0 Å². The monoisotopic (exact) mass is 290 g/mol. The highest BCUT2D eigenvalue weighted by Crippen LogP contribution is 2.33. The molecule has 1 unspecified atom stereocenters. The summed E-state index contributed by atoms with van der Waals surface area (Å²) in [5.41, 5.74) is 3.17. The quantitative estimate of drug-likeness (QED) is 0.774. The molecule has 20 heavy (non-hydrogen) atoms. The fraction of sp³-hybridized carbons (Fsp3) is 0.333. The highest BCUT2D eigenvalue weighted by Gasteiger charge is 2.35. The standard InChI is InChI=1S/C12H13F3N2O3/c1-6(4-10(18)19)17-7-2-3-8(11(16)20)9(5-7)12(13,14)15/h2-3,5-6,17H,4H2,1H3,(H2,16,20)(H,18,19). The van der Waals surface area contributed by atoms with Crippen molar-refractivity contribution in [3.05, 3.63) is 29.3 Å². The number of carbonyl (C=O) groups is 2. The van der Waals surface area contributed by atoms with Crippen LogP contribution in [-0.2, 0) is 11.0 Å². The van der Waals surface area contributed by atoms with Crippen LogP contribution < -0.4 is 11.1 Å². The first-order valence-corrected chi connectivity index (χ1v) is 5.60. The summed E-state index contributed by atoms with van der Waals surface area (Å²) in [6, 6.07) is 2.38. The third kappa shape index (κ3) is 4.15. The van der Waals surface area contributed by atoms with Gasteiger partial charge in [0.05, 0.1) is 17.5 Å². The number of nitrogens with one attached hydrogen (secondary N) is 1. The van der Waals surface area contributed by atoms with E-state index in [1.165, 1.54) is 13.0 Å². The Balaban J connectivity index is 3.07. The van der Waals surface area contributed by atoms with Crippen molar-refractivity contribution in [2.24, 2.45) is 5.73 Å². The van der Waals surface area contributed by atoms with Crippen LogP contribution in [0.3, 0.4) is 0 Å². The number of anilines is 1. The van der Waals surface area contributed by atoms with E-state index in [1.807, 2.05) is 0 Å². The molecular weight excluding hydrogens is 277 g/mol. The van der Waals surface area contributed by atoms with E-state index in [0.29, 0.717) is 0 Å². The molecule has 0 aromatic heterocycles. The SMILES string of the molecule is CC(CC(=O)O)Nc1ccc(C(N)=O)c(C(F)(F)F)c1. The van der Waals surface area contributed by atoms with Gasteiger partial charge in [0.1, 0.15) is 0 Å². The number of primary amides is 1. The Morgan fingerprint density at radius 2 is 2.00 bits per heavy atom. The first-order chi connectivity index (χ1) is 9.11. The molecule has 0 saturated carbocycles. The molecule has 1 aromatic rings. The van der Waals surface area contributed by atoms with E-state index in [0.717, 1.165) is 12.1 Å². The van der Waals surface area contributed by atoms with Gasteiger partial charge in [0.2, 0.25) is 5.91 Å². The number of nitrogens with two attached hydrogens (primary N) is 1. The maximum atomic E-state index is 12.8. The third-order valence-electron chi connectivity index (χ3n) is 2.48.